The summed E-state index contributed by atoms with van der Waals surface area (Å²) in [5, 5.41) is 6.21. The molecule has 0 aliphatic carbocycles. The fourth-order valence-corrected chi connectivity index (χ4v) is 2.98. The van der Waals surface area contributed by atoms with E-state index in [1.807, 2.05) is 13.0 Å². The molecule has 1 heterocycles. The van der Waals surface area contributed by atoms with Crippen LogP contribution in [0.4, 0.5) is 4.39 Å². The van der Waals surface area contributed by atoms with Gasteiger partial charge in [0.2, 0.25) is 0 Å². The lowest BCUT2D eigenvalue weighted by molar-refractivity contribution is 0.0657. The highest BCUT2D eigenvalue weighted by atomic mass is 19.1. The van der Waals surface area contributed by atoms with E-state index in [1.54, 1.807) is 37.3 Å². The van der Waals surface area contributed by atoms with Crippen LogP contribution in [-0.2, 0) is 6.54 Å². The van der Waals surface area contributed by atoms with Gasteiger partial charge in [0.15, 0.2) is 5.96 Å². The van der Waals surface area contributed by atoms with Crippen LogP contribution in [0.1, 0.15) is 38.8 Å². The van der Waals surface area contributed by atoms with E-state index in [0.29, 0.717) is 42.3 Å². The molecule has 2 aromatic rings. The number of nitrogens with one attached hydrogen (secondary N) is 2. The van der Waals surface area contributed by atoms with Crippen molar-refractivity contribution in [3.05, 3.63) is 70.5 Å². The summed E-state index contributed by atoms with van der Waals surface area (Å²) in [6, 6.07) is 11.9. The minimum atomic E-state index is -0.278. The Morgan fingerprint density at radius 2 is 1.75 bits per heavy atom. The van der Waals surface area contributed by atoms with Crippen molar-refractivity contribution in [3.8, 4) is 0 Å². The minimum Gasteiger partial charge on any atom is -0.357 e. The highest BCUT2D eigenvalue weighted by Gasteiger charge is 2.34. The average molecular weight is 382 g/mol. The normalized spacial score (nSPS) is 13.7. The number of rotatable bonds is 6. The molecule has 0 aromatic heterocycles. The van der Waals surface area contributed by atoms with Crippen molar-refractivity contribution in [3.63, 3.8) is 0 Å². The summed E-state index contributed by atoms with van der Waals surface area (Å²) in [4.78, 5) is 30.4. The zero-order valence-corrected chi connectivity index (χ0v) is 16.0. The number of hydrogen-bond acceptors (Lipinski definition) is 3. The lowest BCUT2D eigenvalue weighted by atomic mass is 10.1. The van der Waals surface area contributed by atoms with Crippen molar-refractivity contribution < 1.29 is 14.0 Å². The fraction of sp³-hybridized carbons (Fsp3) is 0.286. The van der Waals surface area contributed by atoms with Crippen LogP contribution >= 0.6 is 0 Å². The number of aliphatic imine (C=N–C) groups is 1. The van der Waals surface area contributed by atoms with E-state index in [-0.39, 0.29) is 24.2 Å². The molecular formula is C21H23FN4O2. The highest BCUT2D eigenvalue weighted by molar-refractivity contribution is 6.21. The molecule has 0 radical (unpaired) electrons. The maximum absolute atomic E-state index is 13.7. The number of carbonyl (C=O) groups excluding carboxylic acids is 2. The van der Waals surface area contributed by atoms with Crippen LogP contribution in [0, 0.1) is 12.7 Å². The summed E-state index contributed by atoms with van der Waals surface area (Å²) in [5.74, 6) is -0.268. The molecule has 3 rings (SSSR count). The van der Waals surface area contributed by atoms with Crippen LogP contribution in [0.15, 0.2) is 47.5 Å². The van der Waals surface area contributed by atoms with Gasteiger partial charge in [0, 0.05) is 19.6 Å². The molecule has 7 heteroatoms. The molecule has 1 aliphatic rings. The summed E-state index contributed by atoms with van der Waals surface area (Å²) < 4.78 is 13.7. The molecule has 2 aromatic carbocycles. The predicted octanol–water partition coefficient (Wildman–Crippen LogP) is 2.49. The van der Waals surface area contributed by atoms with Gasteiger partial charge < -0.3 is 10.6 Å². The van der Waals surface area contributed by atoms with Gasteiger partial charge in [0.1, 0.15) is 5.82 Å². The number of nitrogens with zero attached hydrogens (tertiary/aromatic N) is 2. The number of aryl methyl sites for hydroxylation is 1. The molecule has 146 valence electrons. The average Bonchev–Trinajstić information content (AvgIpc) is 2.94. The molecule has 2 N–H and O–H groups in total. The lowest BCUT2D eigenvalue weighted by Gasteiger charge is -2.16. The van der Waals surface area contributed by atoms with Crippen molar-refractivity contribution in [1.82, 2.24) is 15.5 Å². The van der Waals surface area contributed by atoms with Crippen LogP contribution in [0.25, 0.3) is 0 Å². The Bertz CT molecular complexity index is 891. The van der Waals surface area contributed by atoms with E-state index in [1.165, 1.54) is 11.0 Å². The Labute approximate surface area is 163 Å². The van der Waals surface area contributed by atoms with Gasteiger partial charge in [-0.05, 0) is 43.2 Å². The molecule has 2 amide bonds. The predicted molar refractivity (Wildman–Crippen MR) is 106 cm³/mol. The molecule has 0 fully saturated rings. The number of imide groups is 1. The standard InChI is InChI=1S/C21H23FN4O2/c1-3-23-21(25-13-15-9-8-14(2)18(22)12-15)24-10-11-26-19(27)16-6-4-5-7-17(16)20(26)28/h4-9,12H,3,10-11,13H2,1-2H3,(H2,23,24,25). The van der Waals surface area contributed by atoms with Crippen molar-refractivity contribution >= 4 is 17.8 Å². The zero-order valence-electron chi connectivity index (χ0n) is 16.0. The first kappa shape index (κ1) is 19.5. The third-order valence-electron chi connectivity index (χ3n) is 4.51. The second kappa shape index (κ2) is 8.65. The van der Waals surface area contributed by atoms with E-state index < -0.39 is 0 Å². The zero-order chi connectivity index (χ0) is 20.1. The number of benzene rings is 2. The molecule has 0 saturated carbocycles. The number of halogens is 1. The number of hydrogen-bond donors (Lipinski definition) is 2. The van der Waals surface area contributed by atoms with E-state index in [0.717, 1.165) is 5.56 Å². The second-order valence-electron chi connectivity index (χ2n) is 6.51. The van der Waals surface area contributed by atoms with Crippen LogP contribution in [0.2, 0.25) is 0 Å². The monoisotopic (exact) mass is 382 g/mol. The van der Waals surface area contributed by atoms with Crippen molar-refractivity contribution in [2.45, 2.75) is 20.4 Å². The minimum absolute atomic E-state index is 0.232. The topological polar surface area (TPSA) is 73.8 Å². The SMILES string of the molecule is CCNC(=NCc1ccc(C)c(F)c1)NCCN1C(=O)c2ccccc2C1=O. The Morgan fingerprint density at radius 1 is 1.07 bits per heavy atom. The van der Waals surface area contributed by atoms with Gasteiger partial charge in [-0.25, -0.2) is 9.38 Å². The Balaban J connectivity index is 1.59. The highest BCUT2D eigenvalue weighted by Crippen LogP contribution is 2.21. The molecule has 0 atom stereocenters. The van der Waals surface area contributed by atoms with Crippen molar-refractivity contribution in [2.75, 3.05) is 19.6 Å². The maximum atomic E-state index is 13.7. The van der Waals surface area contributed by atoms with Gasteiger partial charge in [-0.2, -0.15) is 0 Å². The molecular weight excluding hydrogens is 359 g/mol. The largest absolute Gasteiger partial charge is 0.357 e. The summed E-state index contributed by atoms with van der Waals surface area (Å²) in [7, 11) is 0. The van der Waals surface area contributed by atoms with Gasteiger partial charge in [-0.1, -0.05) is 24.3 Å². The van der Waals surface area contributed by atoms with Gasteiger partial charge in [-0.3, -0.25) is 14.5 Å². The van der Waals surface area contributed by atoms with Crippen LogP contribution < -0.4 is 10.6 Å². The molecule has 0 saturated heterocycles. The van der Waals surface area contributed by atoms with Gasteiger partial charge >= 0.3 is 0 Å². The molecule has 0 spiro atoms. The smallest absolute Gasteiger partial charge is 0.261 e. The van der Waals surface area contributed by atoms with Crippen molar-refractivity contribution in [1.29, 1.82) is 0 Å². The summed E-state index contributed by atoms with van der Waals surface area (Å²) in [6.07, 6.45) is 0. The van der Waals surface area contributed by atoms with Gasteiger partial charge in [0.05, 0.1) is 17.7 Å². The van der Waals surface area contributed by atoms with E-state index in [9.17, 15) is 14.0 Å². The van der Waals surface area contributed by atoms with Crippen LogP contribution in [0.3, 0.4) is 0 Å². The summed E-state index contributed by atoms with van der Waals surface area (Å²) in [6.45, 7) is 5.22. The Hall–Kier alpha value is -3.22. The van der Waals surface area contributed by atoms with Crippen LogP contribution in [0.5, 0.6) is 0 Å². The quantitative estimate of drug-likeness (QED) is 0.457. The summed E-state index contributed by atoms with van der Waals surface area (Å²) in [5.41, 5.74) is 2.24. The van der Waals surface area contributed by atoms with E-state index in [4.69, 9.17) is 0 Å². The molecule has 1 aliphatic heterocycles. The van der Waals surface area contributed by atoms with E-state index >= 15 is 0 Å². The number of amides is 2. The first-order valence-electron chi connectivity index (χ1n) is 9.23. The second-order valence-corrected chi connectivity index (χ2v) is 6.51. The van der Waals surface area contributed by atoms with Gasteiger partial charge in [0.25, 0.3) is 11.8 Å². The Morgan fingerprint density at radius 3 is 2.36 bits per heavy atom. The molecule has 0 unspecified atom stereocenters. The first-order valence-corrected chi connectivity index (χ1v) is 9.23. The van der Waals surface area contributed by atoms with E-state index in [2.05, 4.69) is 15.6 Å². The third kappa shape index (κ3) is 4.19. The first-order chi connectivity index (χ1) is 13.5. The molecule has 28 heavy (non-hydrogen) atoms. The number of guanidine groups is 1. The fourth-order valence-electron chi connectivity index (χ4n) is 2.98. The Kier molecular flexibility index (Phi) is 6.03. The van der Waals surface area contributed by atoms with Gasteiger partial charge in [-0.15, -0.1) is 0 Å². The summed E-state index contributed by atoms with van der Waals surface area (Å²) >= 11 is 0. The molecule has 0 bridgehead atoms. The third-order valence-corrected chi connectivity index (χ3v) is 4.51. The van der Waals surface area contributed by atoms with Crippen LogP contribution in [-0.4, -0.2) is 42.3 Å². The lowest BCUT2D eigenvalue weighted by Crippen LogP contribution is -2.43. The number of carbonyl (C=O) groups is 2. The van der Waals surface area contributed by atoms with Crippen molar-refractivity contribution in [2.24, 2.45) is 4.99 Å². The maximum Gasteiger partial charge on any atom is 0.261 e. The number of fused-ring (bicyclic) bond motifs is 1. The molecule has 6 nitrogen and oxygen atoms in total.